The lowest BCUT2D eigenvalue weighted by Crippen LogP contribution is -2.48. The maximum Gasteiger partial charge on any atom is 0.221 e. The van der Waals surface area contributed by atoms with E-state index in [0.29, 0.717) is 31.7 Å². The lowest BCUT2D eigenvalue weighted by Gasteiger charge is -2.42. The fourth-order valence-corrected chi connectivity index (χ4v) is 7.80. The number of morpholine rings is 1. The molecule has 3 aliphatic rings. The number of hydrogen-bond acceptors (Lipinski definition) is 5. The van der Waals surface area contributed by atoms with E-state index >= 15 is 4.39 Å². The second kappa shape index (κ2) is 10.6. The van der Waals surface area contributed by atoms with Crippen LogP contribution in [-0.4, -0.2) is 70.2 Å². The van der Waals surface area contributed by atoms with Crippen molar-refractivity contribution in [1.82, 2.24) is 9.21 Å². The van der Waals surface area contributed by atoms with Crippen LogP contribution >= 0.6 is 0 Å². The Morgan fingerprint density at radius 2 is 1.66 bits per heavy atom. The molecule has 190 valence electrons. The maximum atomic E-state index is 15.5. The van der Waals surface area contributed by atoms with Crippen LogP contribution in [-0.2, 0) is 31.5 Å². The van der Waals surface area contributed by atoms with Crippen molar-refractivity contribution in [2.45, 2.75) is 42.9 Å². The lowest BCUT2D eigenvalue weighted by molar-refractivity contribution is -0.00126. The normalized spacial score (nSPS) is 25.3. The van der Waals surface area contributed by atoms with E-state index in [9.17, 15) is 8.42 Å². The first-order chi connectivity index (χ1) is 17.0. The number of ether oxygens (including phenoxy) is 2. The van der Waals surface area contributed by atoms with Gasteiger partial charge in [-0.05, 0) is 42.9 Å². The van der Waals surface area contributed by atoms with Crippen molar-refractivity contribution in [2.75, 3.05) is 52.6 Å². The minimum Gasteiger partial charge on any atom is -0.381 e. The molecular weight excluding hydrogens is 467 g/mol. The van der Waals surface area contributed by atoms with Gasteiger partial charge >= 0.3 is 0 Å². The van der Waals surface area contributed by atoms with Crippen LogP contribution in [0.3, 0.4) is 0 Å². The van der Waals surface area contributed by atoms with Crippen molar-refractivity contribution in [3.8, 4) is 0 Å². The molecule has 2 aromatic carbocycles. The summed E-state index contributed by atoms with van der Waals surface area (Å²) in [5.41, 5.74) is 2.05. The van der Waals surface area contributed by atoms with E-state index in [2.05, 4.69) is 4.90 Å². The van der Waals surface area contributed by atoms with Gasteiger partial charge in [-0.15, -0.1) is 0 Å². The van der Waals surface area contributed by atoms with E-state index < -0.39 is 15.3 Å². The Morgan fingerprint density at radius 1 is 0.943 bits per heavy atom. The minimum absolute atomic E-state index is 0.0668. The molecular formula is C27H35FN2O4S. The molecule has 3 saturated heterocycles. The Balaban J connectivity index is 1.36. The summed E-state index contributed by atoms with van der Waals surface area (Å²) in [6.45, 7) is 5.92. The Labute approximate surface area is 208 Å². The highest BCUT2D eigenvalue weighted by Gasteiger charge is 2.39. The lowest BCUT2D eigenvalue weighted by atomic mass is 9.73. The predicted molar refractivity (Wildman–Crippen MR) is 133 cm³/mol. The summed E-state index contributed by atoms with van der Waals surface area (Å²) >= 11 is 0. The molecule has 0 unspecified atom stereocenters. The molecule has 0 aliphatic carbocycles. The van der Waals surface area contributed by atoms with Crippen LogP contribution in [0.2, 0.25) is 0 Å². The molecule has 3 fully saturated rings. The van der Waals surface area contributed by atoms with Gasteiger partial charge in [-0.25, -0.2) is 12.8 Å². The van der Waals surface area contributed by atoms with Gasteiger partial charge in [0.05, 0.1) is 13.2 Å². The van der Waals surface area contributed by atoms with Gasteiger partial charge in [0, 0.05) is 56.9 Å². The zero-order valence-electron chi connectivity index (χ0n) is 20.2. The number of hydrogen-bond donors (Lipinski definition) is 0. The van der Waals surface area contributed by atoms with Gasteiger partial charge in [0.25, 0.3) is 0 Å². The molecule has 0 amide bonds. The molecule has 0 spiro atoms. The fourth-order valence-electron chi connectivity index (χ4n) is 5.77. The number of sulfonamides is 1. The molecule has 8 heteroatoms. The SMILES string of the molecule is O=S1(=O)[C@@H](c2ccccc2)CCCN1Cc1ccc(C2(CN3CCOCC3)CCOCC2)cc1F. The van der Waals surface area contributed by atoms with Gasteiger partial charge in [0.1, 0.15) is 11.1 Å². The second-order valence-corrected chi connectivity index (χ2v) is 12.1. The predicted octanol–water partition coefficient (Wildman–Crippen LogP) is 3.87. The molecule has 35 heavy (non-hydrogen) atoms. The van der Waals surface area contributed by atoms with Gasteiger partial charge in [0.2, 0.25) is 10.0 Å². The van der Waals surface area contributed by atoms with Gasteiger partial charge in [-0.3, -0.25) is 4.90 Å². The number of rotatable bonds is 6. The molecule has 0 N–H and O–H groups in total. The zero-order chi connectivity index (χ0) is 24.3. The largest absolute Gasteiger partial charge is 0.381 e. The van der Waals surface area contributed by atoms with E-state index in [1.165, 1.54) is 4.31 Å². The highest BCUT2D eigenvalue weighted by atomic mass is 32.2. The summed E-state index contributed by atoms with van der Waals surface area (Å²) in [6, 6.07) is 14.8. The molecule has 0 saturated carbocycles. The first-order valence-corrected chi connectivity index (χ1v) is 14.2. The van der Waals surface area contributed by atoms with Crippen molar-refractivity contribution < 1.29 is 22.3 Å². The summed E-state index contributed by atoms with van der Waals surface area (Å²) in [5, 5.41) is -0.571. The molecule has 1 atom stereocenters. The van der Waals surface area contributed by atoms with Gasteiger partial charge in [-0.1, -0.05) is 42.5 Å². The smallest absolute Gasteiger partial charge is 0.221 e. The van der Waals surface area contributed by atoms with Gasteiger partial charge in [-0.2, -0.15) is 4.31 Å². The van der Waals surface area contributed by atoms with Crippen LogP contribution in [0.4, 0.5) is 4.39 Å². The van der Waals surface area contributed by atoms with Crippen molar-refractivity contribution in [1.29, 1.82) is 0 Å². The van der Waals surface area contributed by atoms with Crippen molar-refractivity contribution in [3.05, 3.63) is 71.0 Å². The van der Waals surface area contributed by atoms with E-state index in [0.717, 1.165) is 63.2 Å². The third kappa shape index (κ3) is 5.32. The second-order valence-electron chi connectivity index (χ2n) is 10.0. The summed E-state index contributed by atoms with van der Waals surface area (Å²) in [4.78, 5) is 2.41. The molecule has 0 radical (unpaired) electrons. The number of benzene rings is 2. The first-order valence-electron chi connectivity index (χ1n) is 12.7. The van der Waals surface area contributed by atoms with Crippen molar-refractivity contribution in [2.24, 2.45) is 0 Å². The van der Waals surface area contributed by atoms with Crippen LogP contribution in [0.1, 0.15) is 47.6 Å². The Kier molecular flexibility index (Phi) is 7.55. The zero-order valence-corrected chi connectivity index (χ0v) is 21.0. The minimum atomic E-state index is -3.56. The topological polar surface area (TPSA) is 59.1 Å². The number of halogens is 1. The van der Waals surface area contributed by atoms with E-state index in [-0.39, 0.29) is 17.8 Å². The van der Waals surface area contributed by atoms with E-state index in [1.807, 2.05) is 36.4 Å². The Bertz CT molecular complexity index is 1100. The molecule has 0 bridgehead atoms. The monoisotopic (exact) mass is 502 g/mol. The highest BCUT2D eigenvalue weighted by molar-refractivity contribution is 7.89. The quantitative estimate of drug-likeness (QED) is 0.600. The number of nitrogens with zero attached hydrogens (tertiary/aromatic N) is 2. The van der Waals surface area contributed by atoms with Crippen LogP contribution in [0.5, 0.6) is 0 Å². The third-order valence-corrected chi connectivity index (χ3v) is 10.1. The molecule has 3 aliphatic heterocycles. The molecule has 2 aromatic rings. The average molecular weight is 503 g/mol. The summed E-state index contributed by atoms with van der Waals surface area (Å²) in [5.74, 6) is -0.327. The Hall–Kier alpha value is -1.84. The molecule has 0 aromatic heterocycles. The fraction of sp³-hybridized carbons (Fsp3) is 0.556. The first kappa shape index (κ1) is 24.8. The molecule has 5 rings (SSSR count). The van der Waals surface area contributed by atoms with Crippen molar-refractivity contribution in [3.63, 3.8) is 0 Å². The summed E-state index contributed by atoms with van der Waals surface area (Å²) in [7, 11) is -3.56. The van der Waals surface area contributed by atoms with E-state index in [1.54, 1.807) is 12.1 Å². The molecule has 6 nitrogen and oxygen atoms in total. The highest BCUT2D eigenvalue weighted by Crippen LogP contribution is 2.38. The Morgan fingerprint density at radius 3 is 2.37 bits per heavy atom. The average Bonchev–Trinajstić information content (AvgIpc) is 2.88. The van der Waals surface area contributed by atoms with Crippen LogP contribution in [0.25, 0.3) is 0 Å². The third-order valence-electron chi connectivity index (χ3n) is 7.86. The molecule has 3 heterocycles. The van der Waals surface area contributed by atoms with Crippen molar-refractivity contribution >= 4 is 10.0 Å². The summed E-state index contributed by atoms with van der Waals surface area (Å²) < 4.78 is 54.9. The van der Waals surface area contributed by atoms with E-state index in [4.69, 9.17) is 9.47 Å². The van der Waals surface area contributed by atoms with Crippen LogP contribution in [0.15, 0.2) is 48.5 Å². The van der Waals surface area contributed by atoms with Gasteiger partial charge in [0.15, 0.2) is 0 Å². The van der Waals surface area contributed by atoms with Gasteiger partial charge < -0.3 is 9.47 Å². The van der Waals surface area contributed by atoms with Crippen LogP contribution < -0.4 is 0 Å². The maximum absolute atomic E-state index is 15.5. The standard InChI is InChI=1S/C27H35FN2O4S/c28-25-19-24(27(10-15-33-16-11-27)21-29-13-17-34-18-14-29)9-8-23(25)20-30-12-4-7-26(35(30,31)32)22-5-2-1-3-6-22/h1-3,5-6,8-9,19,26H,4,7,10-18,20-21H2/t26-/m1/s1. The van der Waals surface area contributed by atoms with Crippen LogP contribution in [0, 0.1) is 5.82 Å². The summed E-state index contributed by atoms with van der Waals surface area (Å²) in [6.07, 6.45) is 3.06.